The van der Waals surface area contributed by atoms with Crippen LogP contribution in [0.2, 0.25) is 5.02 Å². The van der Waals surface area contributed by atoms with Crippen LogP contribution in [-0.4, -0.2) is 17.6 Å². The highest BCUT2D eigenvalue weighted by Gasteiger charge is 2.19. The summed E-state index contributed by atoms with van der Waals surface area (Å²) in [6.45, 7) is 6.30. The average Bonchev–Trinajstić information content (AvgIpc) is 2.24. The molecule has 1 atom stereocenters. The minimum atomic E-state index is -0.985. The summed E-state index contributed by atoms with van der Waals surface area (Å²) in [5.41, 5.74) is 1.83. The van der Waals surface area contributed by atoms with E-state index >= 15 is 0 Å². The van der Waals surface area contributed by atoms with Crippen molar-refractivity contribution in [1.29, 1.82) is 0 Å². The van der Waals surface area contributed by atoms with Crippen molar-refractivity contribution in [3.8, 4) is 5.75 Å². The fourth-order valence-corrected chi connectivity index (χ4v) is 2.41. The molecule has 0 aliphatic carbocycles. The first-order valence-corrected chi connectivity index (χ1v) is 7.64. The average molecular weight is 287 g/mol. The van der Waals surface area contributed by atoms with Gasteiger partial charge in [0.15, 0.2) is 0 Å². The summed E-state index contributed by atoms with van der Waals surface area (Å²) in [5.74, 6) is 0.742. The summed E-state index contributed by atoms with van der Waals surface area (Å²) in [6.07, 6.45) is 3.39. The van der Waals surface area contributed by atoms with E-state index in [0.717, 1.165) is 16.9 Å². The number of hydrogen-bond acceptors (Lipinski definition) is 2. The van der Waals surface area contributed by atoms with Crippen molar-refractivity contribution in [2.24, 2.45) is 0 Å². The standard InChI is InChI=1S/C14H19ClO2S/c1-14(2,3)11-9-13(17-4)10(8-12(11)15)6-7-18(5)16/h6-9H,1-5H3. The number of halogens is 1. The Morgan fingerprint density at radius 2 is 1.94 bits per heavy atom. The molecule has 0 aromatic heterocycles. The van der Waals surface area contributed by atoms with Crippen molar-refractivity contribution < 1.29 is 8.95 Å². The highest BCUT2D eigenvalue weighted by atomic mass is 35.5. The van der Waals surface area contributed by atoms with E-state index in [-0.39, 0.29) is 5.41 Å². The van der Waals surface area contributed by atoms with Gasteiger partial charge in [-0.05, 0) is 29.2 Å². The van der Waals surface area contributed by atoms with Crippen LogP contribution >= 0.6 is 11.6 Å². The van der Waals surface area contributed by atoms with Gasteiger partial charge in [-0.2, -0.15) is 0 Å². The van der Waals surface area contributed by atoms with E-state index < -0.39 is 10.8 Å². The van der Waals surface area contributed by atoms with Crippen LogP contribution < -0.4 is 4.74 Å². The van der Waals surface area contributed by atoms with Gasteiger partial charge < -0.3 is 4.74 Å². The van der Waals surface area contributed by atoms with Gasteiger partial charge in [-0.15, -0.1) is 0 Å². The molecule has 0 saturated heterocycles. The summed E-state index contributed by atoms with van der Waals surface area (Å²) in [5, 5.41) is 2.31. The van der Waals surface area contributed by atoms with Gasteiger partial charge in [0, 0.05) is 33.0 Å². The molecule has 0 N–H and O–H groups in total. The van der Waals surface area contributed by atoms with Crippen molar-refractivity contribution in [2.75, 3.05) is 13.4 Å². The van der Waals surface area contributed by atoms with Crippen molar-refractivity contribution in [1.82, 2.24) is 0 Å². The van der Waals surface area contributed by atoms with Gasteiger partial charge >= 0.3 is 0 Å². The van der Waals surface area contributed by atoms with Crippen molar-refractivity contribution in [2.45, 2.75) is 26.2 Å². The maximum absolute atomic E-state index is 11.1. The molecule has 2 nitrogen and oxygen atoms in total. The van der Waals surface area contributed by atoms with Crippen molar-refractivity contribution in [3.63, 3.8) is 0 Å². The molecule has 0 bridgehead atoms. The molecule has 0 heterocycles. The molecule has 1 unspecified atom stereocenters. The van der Waals surface area contributed by atoms with Gasteiger partial charge in [0.2, 0.25) is 0 Å². The molecule has 0 spiro atoms. The molecule has 100 valence electrons. The number of rotatable bonds is 3. The van der Waals surface area contributed by atoms with Gasteiger partial charge in [0.05, 0.1) is 7.11 Å². The largest absolute Gasteiger partial charge is 0.496 e. The monoisotopic (exact) mass is 286 g/mol. The molecule has 0 amide bonds. The highest BCUT2D eigenvalue weighted by Crippen LogP contribution is 2.35. The second-order valence-electron chi connectivity index (χ2n) is 5.13. The Labute approximate surface area is 116 Å². The molecule has 0 aliphatic rings. The lowest BCUT2D eigenvalue weighted by Gasteiger charge is -2.22. The zero-order valence-electron chi connectivity index (χ0n) is 11.4. The molecule has 4 heteroatoms. The van der Waals surface area contributed by atoms with Crippen LogP contribution in [0.1, 0.15) is 31.9 Å². The zero-order valence-corrected chi connectivity index (χ0v) is 13.0. The molecular weight excluding hydrogens is 268 g/mol. The summed E-state index contributed by atoms with van der Waals surface area (Å²) in [6, 6.07) is 3.80. The van der Waals surface area contributed by atoms with Crippen molar-refractivity contribution >= 4 is 28.5 Å². The third-order valence-corrected chi connectivity index (χ3v) is 3.40. The van der Waals surface area contributed by atoms with Crippen LogP contribution in [0.5, 0.6) is 5.75 Å². The molecule has 0 saturated carbocycles. The van der Waals surface area contributed by atoms with E-state index in [9.17, 15) is 4.21 Å². The molecular formula is C14H19ClO2S. The first kappa shape index (κ1) is 15.3. The lowest BCUT2D eigenvalue weighted by atomic mass is 9.86. The Balaban J connectivity index is 3.32. The molecule has 0 radical (unpaired) electrons. The smallest absolute Gasteiger partial charge is 0.126 e. The summed E-state index contributed by atoms with van der Waals surface area (Å²) < 4.78 is 16.4. The zero-order chi connectivity index (χ0) is 13.9. The van der Waals surface area contributed by atoms with Crippen LogP contribution in [0.3, 0.4) is 0 Å². The quantitative estimate of drug-likeness (QED) is 0.840. The SMILES string of the molecule is COc1cc(C(C)(C)C)c(Cl)cc1C=CS(C)=O. The molecule has 0 fully saturated rings. The van der Waals surface area contributed by atoms with E-state index in [4.69, 9.17) is 16.3 Å². The summed E-state index contributed by atoms with van der Waals surface area (Å²) in [7, 11) is 0.636. The summed E-state index contributed by atoms with van der Waals surface area (Å²) in [4.78, 5) is 0. The van der Waals surface area contributed by atoms with E-state index in [1.54, 1.807) is 24.8 Å². The normalized spacial score (nSPS) is 13.9. The molecule has 1 aromatic rings. The fourth-order valence-electron chi connectivity index (χ4n) is 1.62. The lowest BCUT2D eigenvalue weighted by molar-refractivity contribution is 0.412. The first-order chi connectivity index (χ1) is 8.25. The Bertz CT molecular complexity index is 487. The van der Waals surface area contributed by atoms with Gasteiger partial charge in [0.1, 0.15) is 5.75 Å². The van der Waals surface area contributed by atoms with E-state index in [2.05, 4.69) is 20.8 Å². The number of hydrogen-bond donors (Lipinski definition) is 0. The van der Waals surface area contributed by atoms with Gasteiger partial charge in [0.25, 0.3) is 0 Å². The molecule has 18 heavy (non-hydrogen) atoms. The number of ether oxygens (including phenoxy) is 1. The van der Waals surface area contributed by atoms with Crippen LogP contribution in [0.4, 0.5) is 0 Å². The predicted octanol–water partition coefficient (Wildman–Crippen LogP) is 4.00. The van der Waals surface area contributed by atoms with Crippen LogP contribution in [0, 0.1) is 0 Å². The molecule has 1 aromatic carbocycles. The topological polar surface area (TPSA) is 26.3 Å². The van der Waals surface area contributed by atoms with Gasteiger partial charge in [-0.3, -0.25) is 4.21 Å². The third kappa shape index (κ3) is 3.85. The first-order valence-electron chi connectivity index (χ1n) is 5.64. The Kier molecular flexibility index (Phi) is 5.00. The van der Waals surface area contributed by atoms with Gasteiger partial charge in [-0.25, -0.2) is 0 Å². The third-order valence-electron chi connectivity index (χ3n) is 2.57. The second kappa shape index (κ2) is 5.89. The van der Waals surface area contributed by atoms with Crippen LogP contribution in [0.25, 0.3) is 6.08 Å². The van der Waals surface area contributed by atoms with Crippen LogP contribution in [0.15, 0.2) is 17.5 Å². The van der Waals surface area contributed by atoms with Crippen molar-refractivity contribution in [3.05, 3.63) is 33.7 Å². The number of benzene rings is 1. The lowest BCUT2D eigenvalue weighted by Crippen LogP contribution is -2.12. The predicted molar refractivity (Wildman–Crippen MR) is 79.8 cm³/mol. The summed E-state index contributed by atoms with van der Waals surface area (Å²) >= 11 is 6.29. The maximum atomic E-state index is 11.1. The number of methoxy groups -OCH3 is 1. The minimum absolute atomic E-state index is 0.0415. The minimum Gasteiger partial charge on any atom is -0.496 e. The second-order valence-corrected chi connectivity index (χ2v) is 6.80. The Morgan fingerprint density at radius 3 is 2.39 bits per heavy atom. The Hall–Kier alpha value is -0.800. The van der Waals surface area contributed by atoms with Crippen LogP contribution in [-0.2, 0) is 16.2 Å². The highest BCUT2D eigenvalue weighted by molar-refractivity contribution is 7.87. The van der Waals surface area contributed by atoms with E-state index in [1.807, 2.05) is 12.1 Å². The Morgan fingerprint density at radius 1 is 1.33 bits per heavy atom. The van der Waals surface area contributed by atoms with E-state index in [1.165, 1.54) is 0 Å². The van der Waals surface area contributed by atoms with E-state index in [0.29, 0.717) is 5.02 Å². The van der Waals surface area contributed by atoms with Gasteiger partial charge in [-0.1, -0.05) is 32.4 Å². The fraction of sp³-hybridized carbons (Fsp3) is 0.429. The molecule has 1 rings (SSSR count). The maximum Gasteiger partial charge on any atom is 0.126 e. The molecule has 0 aliphatic heterocycles.